The molecule has 2 rings (SSSR count). The monoisotopic (exact) mass is 415 g/mol. The molecule has 2 aromatic carbocycles. The summed E-state index contributed by atoms with van der Waals surface area (Å²) in [6.07, 6.45) is 0.979. The first-order chi connectivity index (χ1) is 14.6. The topological polar surface area (TPSA) is 73.3 Å². The fourth-order valence-electron chi connectivity index (χ4n) is 3.21. The number of nitrogens with zero attached hydrogens (tertiary/aromatic N) is 1. The highest BCUT2D eigenvalue weighted by Gasteiger charge is 2.16. The van der Waals surface area contributed by atoms with E-state index in [9.17, 15) is 0 Å². The number of ether oxygens (including phenoxy) is 4. The molecule has 7 heteroatoms. The molecule has 0 fully saturated rings. The van der Waals surface area contributed by atoms with Gasteiger partial charge in [-0.05, 0) is 42.2 Å². The lowest BCUT2D eigenvalue weighted by Crippen LogP contribution is -2.37. The summed E-state index contributed by atoms with van der Waals surface area (Å²) in [5, 5.41) is 6.69. The van der Waals surface area contributed by atoms with Crippen LogP contribution in [0.2, 0.25) is 0 Å². The lowest BCUT2D eigenvalue weighted by atomic mass is 9.98. The minimum atomic E-state index is 0.424. The van der Waals surface area contributed by atoms with Gasteiger partial charge in [0, 0.05) is 25.7 Å². The van der Waals surface area contributed by atoms with Gasteiger partial charge in [0.25, 0.3) is 0 Å². The molecule has 0 aliphatic carbocycles. The van der Waals surface area contributed by atoms with Gasteiger partial charge in [-0.1, -0.05) is 19.1 Å². The molecule has 2 aromatic rings. The summed E-state index contributed by atoms with van der Waals surface area (Å²) >= 11 is 0. The number of benzene rings is 2. The van der Waals surface area contributed by atoms with Crippen molar-refractivity contribution in [2.75, 3.05) is 42.0 Å². The van der Waals surface area contributed by atoms with Gasteiger partial charge in [0.2, 0.25) is 5.75 Å². The van der Waals surface area contributed by atoms with Crippen molar-refractivity contribution in [3.8, 4) is 23.0 Å². The Morgan fingerprint density at radius 2 is 1.57 bits per heavy atom. The lowest BCUT2D eigenvalue weighted by molar-refractivity contribution is 0.322. The van der Waals surface area contributed by atoms with Crippen molar-refractivity contribution in [3.63, 3.8) is 0 Å². The predicted octanol–water partition coefficient (Wildman–Crippen LogP) is 3.58. The Morgan fingerprint density at radius 1 is 0.867 bits per heavy atom. The highest BCUT2D eigenvalue weighted by molar-refractivity contribution is 5.79. The number of hydrogen-bond donors (Lipinski definition) is 2. The summed E-state index contributed by atoms with van der Waals surface area (Å²) in [4.78, 5) is 4.31. The third-order valence-electron chi connectivity index (χ3n) is 5.01. The molecule has 0 saturated heterocycles. The fraction of sp³-hybridized carbons (Fsp3) is 0.435. The summed E-state index contributed by atoms with van der Waals surface area (Å²) < 4.78 is 21.5. The van der Waals surface area contributed by atoms with Crippen LogP contribution in [-0.4, -0.2) is 48.0 Å². The van der Waals surface area contributed by atoms with Crippen LogP contribution in [0.15, 0.2) is 41.4 Å². The molecule has 0 saturated carbocycles. The van der Waals surface area contributed by atoms with Crippen LogP contribution in [0.4, 0.5) is 0 Å². The van der Waals surface area contributed by atoms with E-state index < -0.39 is 0 Å². The number of hydrogen-bond acceptors (Lipinski definition) is 5. The van der Waals surface area contributed by atoms with Gasteiger partial charge in [-0.3, -0.25) is 4.99 Å². The SMILES string of the molecule is CN=C(NCCC(C)c1ccc(OC)cc1)NCc1ccc(OC)c(OC)c1OC. The van der Waals surface area contributed by atoms with Gasteiger partial charge in [0.05, 0.1) is 28.4 Å². The first-order valence-electron chi connectivity index (χ1n) is 9.94. The minimum Gasteiger partial charge on any atom is -0.497 e. The third kappa shape index (κ3) is 5.95. The van der Waals surface area contributed by atoms with Gasteiger partial charge in [0.15, 0.2) is 17.5 Å². The zero-order chi connectivity index (χ0) is 21.9. The van der Waals surface area contributed by atoms with E-state index in [2.05, 4.69) is 34.7 Å². The number of methoxy groups -OCH3 is 4. The van der Waals surface area contributed by atoms with E-state index in [-0.39, 0.29) is 0 Å². The summed E-state index contributed by atoms with van der Waals surface area (Å²) in [5.41, 5.74) is 2.24. The van der Waals surface area contributed by atoms with Crippen molar-refractivity contribution in [1.29, 1.82) is 0 Å². The summed E-state index contributed by atoms with van der Waals surface area (Å²) in [6, 6.07) is 12.0. The average Bonchev–Trinajstić information content (AvgIpc) is 2.80. The molecule has 164 valence electrons. The van der Waals surface area contributed by atoms with Crippen LogP contribution >= 0.6 is 0 Å². The zero-order valence-corrected chi connectivity index (χ0v) is 18.7. The molecule has 0 radical (unpaired) electrons. The Morgan fingerprint density at radius 3 is 2.13 bits per heavy atom. The number of rotatable bonds is 10. The van der Waals surface area contributed by atoms with E-state index in [4.69, 9.17) is 18.9 Å². The molecule has 0 amide bonds. The predicted molar refractivity (Wildman–Crippen MR) is 120 cm³/mol. The summed E-state index contributed by atoms with van der Waals surface area (Å²) in [7, 11) is 8.26. The Balaban J connectivity index is 1.90. The van der Waals surface area contributed by atoms with E-state index in [0.29, 0.717) is 29.7 Å². The molecule has 2 N–H and O–H groups in total. The fourth-order valence-corrected chi connectivity index (χ4v) is 3.21. The second-order valence-corrected chi connectivity index (χ2v) is 6.81. The molecule has 1 atom stereocenters. The lowest BCUT2D eigenvalue weighted by Gasteiger charge is -2.18. The highest BCUT2D eigenvalue weighted by atomic mass is 16.5. The average molecular weight is 416 g/mol. The molecular weight excluding hydrogens is 382 g/mol. The van der Waals surface area contributed by atoms with E-state index in [0.717, 1.165) is 30.2 Å². The Labute approximate surface area is 179 Å². The molecule has 0 aliphatic rings. The Hall–Kier alpha value is -3.09. The maximum Gasteiger partial charge on any atom is 0.203 e. The van der Waals surface area contributed by atoms with Crippen molar-refractivity contribution in [3.05, 3.63) is 47.5 Å². The Bertz CT molecular complexity index is 822. The normalized spacial score (nSPS) is 12.1. The van der Waals surface area contributed by atoms with E-state index in [1.165, 1.54) is 5.56 Å². The first kappa shape index (κ1) is 23.2. The molecule has 0 heterocycles. The maximum atomic E-state index is 5.54. The highest BCUT2D eigenvalue weighted by Crippen LogP contribution is 2.39. The summed E-state index contributed by atoms with van der Waals surface area (Å²) in [5.74, 6) is 3.89. The number of guanidine groups is 1. The smallest absolute Gasteiger partial charge is 0.203 e. The molecule has 7 nitrogen and oxygen atoms in total. The zero-order valence-electron chi connectivity index (χ0n) is 18.7. The van der Waals surface area contributed by atoms with Gasteiger partial charge in [0.1, 0.15) is 5.75 Å². The second-order valence-electron chi connectivity index (χ2n) is 6.81. The minimum absolute atomic E-state index is 0.424. The van der Waals surface area contributed by atoms with Crippen LogP contribution in [0.5, 0.6) is 23.0 Å². The molecule has 0 aliphatic heterocycles. The van der Waals surface area contributed by atoms with Crippen molar-refractivity contribution >= 4 is 5.96 Å². The molecule has 1 unspecified atom stereocenters. The Kier molecular flexibility index (Phi) is 9.12. The molecule has 0 bridgehead atoms. The van der Waals surface area contributed by atoms with Crippen LogP contribution in [0.25, 0.3) is 0 Å². The van der Waals surface area contributed by atoms with Crippen molar-refractivity contribution in [2.45, 2.75) is 25.8 Å². The van der Waals surface area contributed by atoms with Crippen molar-refractivity contribution < 1.29 is 18.9 Å². The van der Waals surface area contributed by atoms with E-state index in [1.54, 1.807) is 35.5 Å². The van der Waals surface area contributed by atoms with Crippen molar-refractivity contribution in [1.82, 2.24) is 10.6 Å². The van der Waals surface area contributed by atoms with Gasteiger partial charge in [-0.2, -0.15) is 0 Å². The number of nitrogens with one attached hydrogen (secondary N) is 2. The van der Waals surface area contributed by atoms with Gasteiger partial charge < -0.3 is 29.6 Å². The van der Waals surface area contributed by atoms with E-state index >= 15 is 0 Å². The molecule has 0 aromatic heterocycles. The van der Waals surface area contributed by atoms with Crippen LogP contribution in [0.1, 0.15) is 30.4 Å². The quantitative estimate of drug-likeness (QED) is 0.456. The molecule has 30 heavy (non-hydrogen) atoms. The van der Waals surface area contributed by atoms with E-state index in [1.807, 2.05) is 24.3 Å². The molecular formula is C23H33N3O4. The van der Waals surface area contributed by atoms with Gasteiger partial charge >= 0.3 is 0 Å². The van der Waals surface area contributed by atoms with Gasteiger partial charge in [-0.15, -0.1) is 0 Å². The summed E-state index contributed by atoms with van der Waals surface area (Å²) in [6.45, 7) is 3.56. The first-order valence-corrected chi connectivity index (χ1v) is 9.94. The van der Waals surface area contributed by atoms with Crippen LogP contribution < -0.4 is 29.6 Å². The maximum absolute atomic E-state index is 5.54. The number of aliphatic imine (C=N–C) groups is 1. The van der Waals surface area contributed by atoms with Crippen LogP contribution in [0, 0.1) is 0 Å². The van der Waals surface area contributed by atoms with Crippen LogP contribution in [-0.2, 0) is 6.54 Å². The molecule has 0 spiro atoms. The van der Waals surface area contributed by atoms with Gasteiger partial charge in [-0.25, -0.2) is 0 Å². The standard InChI is InChI=1S/C23H33N3O4/c1-16(17-7-10-19(27-3)11-8-17)13-14-25-23(24-2)26-15-18-9-12-20(28-4)22(30-6)21(18)29-5/h7-12,16H,13-15H2,1-6H3,(H2,24,25,26). The third-order valence-corrected chi connectivity index (χ3v) is 5.01. The van der Waals surface area contributed by atoms with Crippen molar-refractivity contribution in [2.24, 2.45) is 4.99 Å². The second kappa shape index (κ2) is 11.8. The largest absolute Gasteiger partial charge is 0.497 e. The van der Waals surface area contributed by atoms with Crippen LogP contribution in [0.3, 0.4) is 0 Å².